The van der Waals surface area contributed by atoms with Crippen molar-refractivity contribution in [3.8, 4) is 0 Å². The predicted molar refractivity (Wildman–Crippen MR) is 93.4 cm³/mol. The van der Waals surface area contributed by atoms with Gasteiger partial charge in [0.15, 0.2) is 5.96 Å². The molecule has 3 rings (SSSR count). The minimum absolute atomic E-state index is 0.251. The third-order valence-electron chi connectivity index (χ3n) is 4.41. The van der Waals surface area contributed by atoms with Crippen molar-refractivity contribution in [2.24, 2.45) is 10.4 Å². The topological polar surface area (TPSA) is 65.9 Å². The van der Waals surface area contributed by atoms with Crippen molar-refractivity contribution in [1.29, 1.82) is 0 Å². The van der Waals surface area contributed by atoms with Gasteiger partial charge in [-0.2, -0.15) is 4.37 Å². The molecule has 1 aromatic rings. The molecule has 0 radical (unpaired) electrons. The first kappa shape index (κ1) is 16.4. The summed E-state index contributed by atoms with van der Waals surface area (Å²) in [6.45, 7) is 10.7. The Hall–Kier alpha value is -1.41. The van der Waals surface area contributed by atoms with Crippen molar-refractivity contribution in [3.05, 3.63) is 5.82 Å². The Bertz CT molecular complexity index is 548. The van der Waals surface area contributed by atoms with Crippen LogP contribution in [0.4, 0.5) is 5.13 Å². The van der Waals surface area contributed by atoms with E-state index in [1.165, 1.54) is 11.5 Å². The number of aromatic nitrogens is 2. The van der Waals surface area contributed by atoms with Gasteiger partial charge >= 0.3 is 0 Å². The molecular weight excluding hydrogens is 312 g/mol. The quantitative estimate of drug-likeness (QED) is 0.648. The number of piperazine rings is 1. The molecule has 7 nitrogen and oxygen atoms in total. The number of rotatable bonds is 4. The highest BCUT2D eigenvalue weighted by Crippen LogP contribution is 2.25. The van der Waals surface area contributed by atoms with Crippen LogP contribution in [-0.2, 0) is 11.2 Å². The molecule has 2 saturated heterocycles. The van der Waals surface area contributed by atoms with Gasteiger partial charge in [0.1, 0.15) is 5.82 Å². The van der Waals surface area contributed by atoms with E-state index in [9.17, 15) is 0 Å². The fourth-order valence-corrected chi connectivity index (χ4v) is 3.60. The number of aliphatic imine (C=N–C) groups is 1. The van der Waals surface area contributed by atoms with E-state index >= 15 is 0 Å². The molecule has 23 heavy (non-hydrogen) atoms. The number of guanidine groups is 1. The molecule has 0 saturated carbocycles. The molecule has 0 aromatic carbocycles. The number of aryl methyl sites for hydroxylation is 1. The van der Waals surface area contributed by atoms with Gasteiger partial charge in [0.25, 0.3) is 0 Å². The minimum atomic E-state index is 0.251. The van der Waals surface area contributed by atoms with Crippen molar-refractivity contribution in [1.82, 2.24) is 19.6 Å². The Morgan fingerprint density at radius 3 is 2.61 bits per heavy atom. The lowest BCUT2D eigenvalue weighted by atomic mass is 9.89. The Morgan fingerprint density at radius 1 is 1.35 bits per heavy atom. The van der Waals surface area contributed by atoms with Crippen LogP contribution in [0.2, 0.25) is 0 Å². The SMILES string of the molecule is CCc1nsc(N2CCN(C(=NC)NCC3(C)COC3)CC2)n1. The monoisotopic (exact) mass is 338 g/mol. The highest BCUT2D eigenvalue weighted by Gasteiger charge is 2.34. The third kappa shape index (κ3) is 3.74. The van der Waals surface area contributed by atoms with E-state index < -0.39 is 0 Å². The average molecular weight is 338 g/mol. The van der Waals surface area contributed by atoms with E-state index in [1.807, 2.05) is 7.05 Å². The maximum absolute atomic E-state index is 5.31. The molecule has 2 aliphatic heterocycles. The molecule has 128 valence electrons. The van der Waals surface area contributed by atoms with Crippen molar-refractivity contribution in [2.45, 2.75) is 20.3 Å². The first-order valence-corrected chi connectivity index (χ1v) is 9.02. The average Bonchev–Trinajstić information content (AvgIpc) is 3.03. The Balaban J connectivity index is 1.50. The zero-order chi connectivity index (χ0) is 16.3. The lowest BCUT2D eigenvalue weighted by Crippen LogP contribution is -2.56. The molecule has 0 bridgehead atoms. The highest BCUT2D eigenvalue weighted by molar-refractivity contribution is 7.09. The van der Waals surface area contributed by atoms with Crippen molar-refractivity contribution < 1.29 is 4.74 Å². The van der Waals surface area contributed by atoms with E-state index in [0.29, 0.717) is 0 Å². The second-order valence-electron chi connectivity index (χ2n) is 6.53. The van der Waals surface area contributed by atoms with E-state index in [2.05, 4.69) is 43.3 Å². The fourth-order valence-electron chi connectivity index (χ4n) is 2.80. The van der Waals surface area contributed by atoms with Gasteiger partial charge < -0.3 is 19.9 Å². The number of nitrogens with zero attached hydrogens (tertiary/aromatic N) is 5. The highest BCUT2D eigenvalue weighted by atomic mass is 32.1. The van der Waals surface area contributed by atoms with E-state index in [1.54, 1.807) is 0 Å². The summed E-state index contributed by atoms with van der Waals surface area (Å²) < 4.78 is 9.69. The summed E-state index contributed by atoms with van der Waals surface area (Å²) in [4.78, 5) is 13.7. The zero-order valence-corrected chi connectivity index (χ0v) is 15.0. The summed E-state index contributed by atoms with van der Waals surface area (Å²) in [6, 6.07) is 0. The Morgan fingerprint density at radius 2 is 2.09 bits per heavy atom. The van der Waals surface area contributed by atoms with Crippen molar-refractivity contribution in [3.63, 3.8) is 0 Å². The van der Waals surface area contributed by atoms with E-state index in [0.717, 1.165) is 69.3 Å². The number of anilines is 1. The minimum Gasteiger partial charge on any atom is -0.380 e. The number of nitrogens with one attached hydrogen (secondary N) is 1. The van der Waals surface area contributed by atoms with Crippen molar-refractivity contribution >= 4 is 22.6 Å². The van der Waals surface area contributed by atoms with Gasteiger partial charge in [0.2, 0.25) is 5.13 Å². The van der Waals surface area contributed by atoms with Crippen LogP contribution in [0.5, 0.6) is 0 Å². The van der Waals surface area contributed by atoms with Crippen LogP contribution in [-0.4, -0.2) is 73.2 Å². The molecule has 3 heterocycles. The van der Waals surface area contributed by atoms with Crippen LogP contribution in [0.1, 0.15) is 19.7 Å². The summed E-state index contributed by atoms with van der Waals surface area (Å²) in [5.74, 6) is 1.94. The summed E-state index contributed by atoms with van der Waals surface area (Å²) in [6.07, 6.45) is 0.898. The van der Waals surface area contributed by atoms with Crippen LogP contribution < -0.4 is 10.2 Å². The number of hydrogen-bond donors (Lipinski definition) is 1. The normalized spacial score (nSPS) is 21.3. The molecule has 2 fully saturated rings. The third-order valence-corrected chi connectivity index (χ3v) is 5.22. The molecule has 0 amide bonds. The molecule has 0 unspecified atom stereocenters. The molecular formula is C15H26N6OS. The first-order valence-electron chi connectivity index (χ1n) is 8.24. The molecule has 1 N–H and O–H groups in total. The fraction of sp³-hybridized carbons (Fsp3) is 0.800. The molecule has 0 spiro atoms. The number of hydrogen-bond acceptors (Lipinski definition) is 6. The van der Waals surface area contributed by atoms with Gasteiger partial charge in [-0.15, -0.1) is 0 Å². The summed E-state index contributed by atoms with van der Waals surface area (Å²) >= 11 is 1.51. The lowest BCUT2D eigenvalue weighted by molar-refractivity contribution is -0.0972. The van der Waals surface area contributed by atoms with Crippen molar-refractivity contribution in [2.75, 3.05) is 57.9 Å². The van der Waals surface area contributed by atoms with Crippen LogP contribution >= 0.6 is 11.5 Å². The second kappa shape index (κ2) is 7.00. The molecule has 8 heteroatoms. The van der Waals surface area contributed by atoms with Gasteiger partial charge in [0, 0.05) is 63.1 Å². The molecule has 0 atom stereocenters. The van der Waals surface area contributed by atoms with E-state index in [-0.39, 0.29) is 5.41 Å². The standard InChI is InChI=1S/C15H26N6OS/c1-4-12-18-14(23-19-12)21-7-5-20(6-8-21)13(16-3)17-9-15(2)10-22-11-15/h4-11H2,1-3H3,(H,16,17). The van der Waals surface area contributed by atoms with Crippen LogP contribution in [0, 0.1) is 5.41 Å². The van der Waals surface area contributed by atoms with E-state index in [4.69, 9.17) is 4.74 Å². The summed E-state index contributed by atoms with van der Waals surface area (Å²) in [5.41, 5.74) is 0.251. The van der Waals surface area contributed by atoms with Gasteiger partial charge in [0.05, 0.1) is 13.2 Å². The maximum Gasteiger partial charge on any atom is 0.205 e. The molecule has 2 aliphatic rings. The van der Waals surface area contributed by atoms with Crippen LogP contribution in [0.3, 0.4) is 0 Å². The largest absolute Gasteiger partial charge is 0.380 e. The summed E-state index contributed by atoms with van der Waals surface area (Å²) in [7, 11) is 1.85. The van der Waals surface area contributed by atoms with Gasteiger partial charge in [-0.3, -0.25) is 4.99 Å². The zero-order valence-electron chi connectivity index (χ0n) is 14.2. The van der Waals surface area contributed by atoms with Gasteiger partial charge in [-0.25, -0.2) is 4.98 Å². The molecule has 1 aromatic heterocycles. The first-order chi connectivity index (χ1) is 11.1. The van der Waals surface area contributed by atoms with Gasteiger partial charge in [-0.1, -0.05) is 13.8 Å². The molecule has 0 aliphatic carbocycles. The second-order valence-corrected chi connectivity index (χ2v) is 7.26. The van der Waals surface area contributed by atoms with Gasteiger partial charge in [-0.05, 0) is 0 Å². The smallest absolute Gasteiger partial charge is 0.205 e. The predicted octanol–water partition coefficient (Wildman–Crippen LogP) is 0.834. The number of ether oxygens (including phenoxy) is 1. The Labute approximate surface area is 141 Å². The summed E-state index contributed by atoms with van der Waals surface area (Å²) in [5, 5.41) is 4.55. The lowest BCUT2D eigenvalue weighted by Gasteiger charge is -2.40. The van der Waals surface area contributed by atoms with Crippen LogP contribution in [0.15, 0.2) is 4.99 Å². The maximum atomic E-state index is 5.31. The van der Waals surface area contributed by atoms with Crippen LogP contribution in [0.25, 0.3) is 0 Å². The Kier molecular flexibility index (Phi) is 5.01.